The average molecular weight is 445 g/mol. The largest absolute Gasteiger partial charge is 0.497 e. The van der Waals surface area contributed by atoms with E-state index in [-0.39, 0.29) is 11.8 Å². The number of hydrogen-bond donors (Lipinski definition) is 1. The Labute approximate surface area is 194 Å². The molecule has 1 atom stereocenters. The molecule has 0 radical (unpaired) electrons. The highest BCUT2D eigenvalue weighted by Crippen LogP contribution is 2.29. The second-order valence-corrected chi connectivity index (χ2v) is 8.15. The van der Waals surface area contributed by atoms with Crippen LogP contribution in [0, 0.1) is 0 Å². The highest BCUT2D eigenvalue weighted by atomic mass is 16.5. The Morgan fingerprint density at radius 1 is 1.06 bits per heavy atom. The van der Waals surface area contributed by atoms with Crippen molar-refractivity contribution in [1.29, 1.82) is 0 Å². The molecule has 1 unspecified atom stereocenters. The summed E-state index contributed by atoms with van der Waals surface area (Å²) in [7, 11) is 1.64. The molecule has 1 aliphatic heterocycles. The molecule has 0 bridgehead atoms. The molecule has 0 fully saturated rings. The number of rotatable bonds is 7. The summed E-state index contributed by atoms with van der Waals surface area (Å²) in [6, 6.07) is 23.0. The van der Waals surface area contributed by atoms with E-state index in [1.165, 1.54) is 0 Å². The summed E-state index contributed by atoms with van der Waals surface area (Å²) in [6.45, 7) is 2.77. The van der Waals surface area contributed by atoms with Crippen molar-refractivity contribution < 1.29 is 19.1 Å². The number of amides is 2. The van der Waals surface area contributed by atoms with Crippen LogP contribution in [0.3, 0.4) is 0 Å². The van der Waals surface area contributed by atoms with Gasteiger partial charge in [-0.25, -0.2) is 0 Å². The van der Waals surface area contributed by atoms with Gasteiger partial charge in [0.25, 0.3) is 5.91 Å². The van der Waals surface area contributed by atoms with Crippen molar-refractivity contribution in [2.75, 3.05) is 19.0 Å². The van der Waals surface area contributed by atoms with Crippen molar-refractivity contribution in [3.63, 3.8) is 0 Å². The zero-order valence-electron chi connectivity index (χ0n) is 18.9. The van der Waals surface area contributed by atoms with Crippen molar-refractivity contribution in [3.8, 4) is 11.5 Å². The summed E-state index contributed by atoms with van der Waals surface area (Å²) in [6.07, 6.45) is 0.462. The van der Waals surface area contributed by atoms with Crippen LogP contribution in [-0.4, -0.2) is 36.5 Å². The Balaban J connectivity index is 1.45. The predicted molar refractivity (Wildman–Crippen MR) is 127 cm³/mol. The lowest BCUT2D eigenvalue weighted by molar-refractivity contribution is -0.137. The minimum atomic E-state index is -0.569. The van der Waals surface area contributed by atoms with Crippen LogP contribution in [0.4, 0.5) is 5.69 Å². The molecule has 3 aromatic carbocycles. The van der Waals surface area contributed by atoms with Crippen molar-refractivity contribution in [3.05, 3.63) is 89.5 Å². The molecule has 6 heteroatoms. The maximum atomic E-state index is 12.9. The molecule has 0 spiro atoms. The number of carbonyl (C=O) groups is 2. The topological polar surface area (TPSA) is 67.9 Å². The van der Waals surface area contributed by atoms with Gasteiger partial charge >= 0.3 is 0 Å². The third-order valence-corrected chi connectivity index (χ3v) is 5.71. The minimum Gasteiger partial charge on any atom is -0.497 e. The SMILES string of the molecule is COc1ccc(CCN2Cc3cc(NC(=O)Cc4ccccc4)ccc3OC(C)C2=O)cc1. The molecule has 0 saturated heterocycles. The van der Waals surface area contributed by atoms with Gasteiger partial charge in [0, 0.05) is 24.3 Å². The van der Waals surface area contributed by atoms with Crippen LogP contribution in [-0.2, 0) is 29.0 Å². The van der Waals surface area contributed by atoms with E-state index in [0.29, 0.717) is 30.9 Å². The molecular formula is C27H28N2O4. The van der Waals surface area contributed by atoms with Gasteiger partial charge < -0.3 is 19.7 Å². The van der Waals surface area contributed by atoms with Gasteiger partial charge in [-0.15, -0.1) is 0 Å². The fraction of sp³-hybridized carbons (Fsp3) is 0.259. The number of hydrogen-bond acceptors (Lipinski definition) is 4. The second kappa shape index (κ2) is 10.2. The summed E-state index contributed by atoms with van der Waals surface area (Å²) >= 11 is 0. The molecule has 0 saturated carbocycles. The smallest absolute Gasteiger partial charge is 0.263 e. The van der Waals surface area contributed by atoms with Crippen molar-refractivity contribution in [2.45, 2.75) is 32.4 Å². The van der Waals surface area contributed by atoms with Crippen LogP contribution in [0.25, 0.3) is 0 Å². The molecule has 3 aromatic rings. The average Bonchev–Trinajstić information content (AvgIpc) is 2.94. The zero-order chi connectivity index (χ0) is 23.2. The summed E-state index contributed by atoms with van der Waals surface area (Å²) in [5.41, 5.74) is 3.65. The number of carbonyl (C=O) groups excluding carboxylic acids is 2. The number of ether oxygens (including phenoxy) is 2. The number of fused-ring (bicyclic) bond motifs is 1. The van der Waals surface area contributed by atoms with Crippen molar-refractivity contribution >= 4 is 17.5 Å². The van der Waals surface area contributed by atoms with Gasteiger partial charge in [-0.2, -0.15) is 0 Å². The van der Waals surface area contributed by atoms with E-state index >= 15 is 0 Å². The lowest BCUT2D eigenvalue weighted by atomic mass is 10.1. The molecule has 2 amide bonds. The number of nitrogens with zero attached hydrogens (tertiary/aromatic N) is 1. The van der Waals surface area contributed by atoms with E-state index in [9.17, 15) is 9.59 Å². The van der Waals surface area contributed by atoms with E-state index in [2.05, 4.69) is 5.32 Å². The van der Waals surface area contributed by atoms with Crippen LogP contribution in [0.1, 0.15) is 23.6 Å². The van der Waals surface area contributed by atoms with Gasteiger partial charge in [0.1, 0.15) is 11.5 Å². The summed E-state index contributed by atoms with van der Waals surface area (Å²) in [5.74, 6) is 1.34. The molecular weight excluding hydrogens is 416 g/mol. The van der Waals surface area contributed by atoms with Gasteiger partial charge in [0.15, 0.2) is 6.10 Å². The van der Waals surface area contributed by atoms with Gasteiger partial charge in [-0.05, 0) is 54.8 Å². The van der Waals surface area contributed by atoms with Crippen LogP contribution >= 0.6 is 0 Å². The van der Waals surface area contributed by atoms with Crippen molar-refractivity contribution in [2.24, 2.45) is 0 Å². The van der Waals surface area contributed by atoms with Crippen molar-refractivity contribution in [1.82, 2.24) is 4.90 Å². The maximum Gasteiger partial charge on any atom is 0.263 e. The number of anilines is 1. The molecule has 33 heavy (non-hydrogen) atoms. The third kappa shape index (κ3) is 5.71. The molecule has 170 valence electrons. The Hall–Kier alpha value is -3.80. The summed E-state index contributed by atoms with van der Waals surface area (Å²) in [5, 5.41) is 2.96. The minimum absolute atomic E-state index is 0.0469. The van der Waals surface area contributed by atoms with Gasteiger partial charge in [0.05, 0.1) is 13.5 Å². The van der Waals surface area contributed by atoms with Crippen LogP contribution in [0.5, 0.6) is 11.5 Å². The highest BCUT2D eigenvalue weighted by Gasteiger charge is 2.27. The molecule has 1 aliphatic rings. The first-order valence-corrected chi connectivity index (χ1v) is 11.1. The zero-order valence-corrected chi connectivity index (χ0v) is 18.9. The fourth-order valence-electron chi connectivity index (χ4n) is 3.91. The fourth-order valence-corrected chi connectivity index (χ4v) is 3.91. The number of benzene rings is 3. The van der Waals surface area contributed by atoms with E-state index in [1.807, 2.05) is 77.7 Å². The maximum absolute atomic E-state index is 12.9. The Kier molecular flexibility index (Phi) is 6.93. The third-order valence-electron chi connectivity index (χ3n) is 5.71. The van der Waals surface area contributed by atoms with E-state index in [0.717, 1.165) is 28.9 Å². The molecule has 0 aliphatic carbocycles. The molecule has 6 nitrogen and oxygen atoms in total. The first-order chi connectivity index (χ1) is 16.0. The molecule has 4 rings (SSSR count). The molecule has 1 N–H and O–H groups in total. The van der Waals surface area contributed by atoms with Crippen LogP contribution < -0.4 is 14.8 Å². The van der Waals surface area contributed by atoms with E-state index in [1.54, 1.807) is 14.0 Å². The van der Waals surface area contributed by atoms with Gasteiger partial charge in [-0.3, -0.25) is 9.59 Å². The van der Waals surface area contributed by atoms with Gasteiger partial charge in [-0.1, -0.05) is 42.5 Å². The Morgan fingerprint density at radius 2 is 1.82 bits per heavy atom. The van der Waals surface area contributed by atoms with E-state index in [4.69, 9.17) is 9.47 Å². The normalized spacial score (nSPS) is 15.3. The number of nitrogens with one attached hydrogen (secondary N) is 1. The highest BCUT2D eigenvalue weighted by molar-refractivity contribution is 5.92. The van der Waals surface area contributed by atoms with E-state index < -0.39 is 6.10 Å². The Bertz CT molecular complexity index is 1110. The summed E-state index contributed by atoms with van der Waals surface area (Å²) < 4.78 is 11.1. The van der Waals surface area contributed by atoms with Gasteiger partial charge in [0.2, 0.25) is 5.91 Å². The van der Waals surface area contributed by atoms with Crippen LogP contribution in [0.15, 0.2) is 72.8 Å². The molecule has 0 aromatic heterocycles. The lowest BCUT2D eigenvalue weighted by Crippen LogP contribution is -2.39. The quantitative estimate of drug-likeness (QED) is 0.592. The lowest BCUT2D eigenvalue weighted by Gasteiger charge is -2.22. The first kappa shape index (κ1) is 22.4. The number of methoxy groups -OCH3 is 1. The first-order valence-electron chi connectivity index (χ1n) is 11.1. The predicted octanol–water partition coefficient (Wildman–Crippen LogP) is 4.23. The summed E-state index contributed by atoms with van der Waals surface area (Å²) in [4.78, 5) is 27.2. The monoisotopic (exact) mass is 444 g/mol. The van der Waals surface area contributed by atoms with Crippen LogP contribution in [0.2, 0.25) is 0 Å². The second-order valence-electron chi connectivity index (χ2n) is 8.15. The Morgan fingerprint density at radius 3 is 2.55 bits per heavy atom. The molecule has 1 heterocycles. The standard InChI is InChI=1S/C27H28N2O4/c1-19-27(31)29(15-14-20-8-11-24(32-2)12-9-20)18-22-17-23(10-13-25(22)33-19)28-26(30)16-21-6-4-3-5-7-21/h3-13,17,19H,14-16,18H2,1-2H3,(H,28,30).